The largest absolute Gasteiger partial charge is 0.441 e. The van der Waals surface area contributed by atoms with Crippen LogP contribution in [0.5, 0.6) is 0 Å². The SMILES string of the molecule is C=CCC(OC(=O)NC)c1cc(Cl)ccc1C=C. The van der Waals surface area contributed by atoms with Gasteiger partial charge in [-0.05, 0) is 17.7 Å². The van der Waals surface area contributed by atoms with E-state index in [0.717, 1.165) is 11.1 Å². The maximum Gasteiger partial charge on any atom is 0.407 e. The zero-order chi connectivity index (χ0) is 13.5. The fourth-order valence-electron chi connectivity index (χ4n) is 1.59. The van der Waals surface area contributed by atoms with Crippen molar-refractivity contribution in [2.75, 3.05) is 7.05 Å². The van der Waals surface area contributed by atoms with Gasteiger partial charge in [0, 0.05) is 24.1 Å². The van der Waals surface area contributed by atoms with E-state index in [0.29, 0.717) is 11.4 Å². The van der Waals surface area contributed by atoms with Crippen molar-refractivity contribution >= 4 is 23.8 Å². The van der Waals surface area contributed by atoms with E-state index in [1.807, 2.05) is 6.07 Å². The molecule has 0 spiro atoms. The van der Waals surface area contributed by atoms with Crippen molar-refractivity contribution in [2.24, 2.45) is 0 Å². The molecular formula is C14H16ClNO2. The second kappa shape index (κ2) is 6.87. The van der Waals surface area contributed by atoms with E-state index in [9.17, 15) is 4.79 Å². The van der Waals surface area contributed by atoms with Crippen molar-refractivity contribution in [3.8, 4) is 0 Å². The number of carbonyl (C=O) groups excluding carboxylic acids is 1. The van der Waals surface area contributed by atoms with E-state index < -0.39 is 12.2 Å². The predicted octanol–water partition coefficient (Wildman–Crippen LogP) is 3.96. The van der Waals surface area contributed by atoms with Crippen molar-refractivity contribution in [3.05, 3.63) is 53.6 Å². The lowest BCUT2D eigenvalue weighted by Crippen LogP contribution is -2.22. The molecule has 1 aromatic rings. The minimum Gasteiger partial charge on any atom is -0.441 e. The first-order chi connectivity index (χ1) is 8.62. The molecule has 0 heterocycles. The molecule has 0 saturated carbocycles. The van der Waals surface area contributed by atoms with Crippen LogP contribution in [0.2, 0.25) is 5.02 Å². The van der Waals surface area contributed by atoms with E-state index in [4.69, 9.17) is 16.3 Å². The molecule has 0 radical (unpaired) electrons. The fourth-order valence-corrected chi connectivity index (χ4v) is 1.77. The molecule has 1 atom stereocenters. The number of carbonyl (C=O) groups is 1. The quantitative estimate of drug-likeness (QED) is 0.819. The van der Waals surface area contributed by atoms with Crippen LogP contribution in [0.25, 0.3) is 6.08 Å². The van der Waals surface area contributed by atoms with Gasteiger partial charge in [0.05, 0.1) is 0 Å². The molecule has 0 aliphatic heterocycles. The van der Waals surface area contributed by atoms with Crippen LogP contribution in [0.3, 0.4) is 0 Å². The summed E-state index contributed by atoms with van der Waals surface area (Å²) in [5.41, 5.74) is 1.70. The maximum absolute atomic E-state index is 11.3. The van der Waals surface area contributed by atoms with Crippen LogP contribution in [-0.2, 0) is 4.74 Å². The van der Waals surface area contributed by atoms with E-state index >= 15 is 0 Å². The lowest BCUT2D eigenvalue weighted by atomic mass is 10.00. The average molecular weight is 266 g/mol. The van der Waals surface area contributed by atoms with Gasteiger partial charge in [-0.25, -0.2) is 4.79 Å². The highest BCUT2D eigenvalue weighted by atomic mass is 35.5. The number of rotatable bonds is 5. The number of nitrogens with one attached hydrogen (secondary N) is 1. The van der Waals surface area contributed by atoms with Gasteiger partial charge in [-0.3, -0.25) is 0 Å². The Morgan fingerprint density at radius 2 is 2.28 bits per heavy atom. The molecule has 96 valence electrons. The van der Waals surface area contributed by atoms with Gasteiger partial charge in [0.25, 0.3) is 0 Å². The molecule has 0 aliphatic carbocycles. The summed E-state index contributed by atoms with van der Waals surface area (Å²) in [5, 5.41) is 3.01. The van der Waals surface area contributed by atoms with Gasteiger partial charge in [0.15, 0.2) is 0 Å². The Hall–Kier alpha value is -1.74. The lowest BCUT2D eigenvalue weighted by molar-refractivity contribution is 0.101. The molecule has 1 N–H and O–H groups in total. The molecule has 0 fully saturated rings. The standard InChI is InChI=1S/C14H16ClNO2/c1-4-6-13(18-14(17)16-3)12-9-11(15)8-7-10(12)5-2/h4-5,7-9,13H,1-2,6H2,3H3,(H,16,17). The van der Waals surface area contributed by atoms with E-state index in [-0.39, 0.29) is 0 Å². The second-order valence-corrected chi connectivity index (χ2v) is 4.08. The number of hydrogen-bond donors (Lipinski definition) is 1. The highest BCUT2D eigenvalue weighted by Crippen LogP contribution is 2.28. The second-order valence-electron chi connectivity index (χ2n) is 3.65. The van der Waals surface area contributed by atoms with Gasteiger partial charge < -0.3 is 10.1 Å². The van der Waals surface area contributed by atoms with Crippen LogP contribution in [0.1, 0.15) is 23.7 Å². The smallest absolute Gasteiger partial charge is 0.407 e. The van der Waals surface area contributed by atoms with E-state index in [1.165, 1.54) is 7.05 Å². The number of amides is 1. The van der Waals surface area contributed by atoms with Crippen LogP contribution >= 0.6 is 11.6 Å². The van der Waals surface area contributed by atoms with Crippen LogP contribution in [0.15, 0.2) is 37.4 Å². The third kappa shape index (κ3) is 3.64. The normalized spacial score (nSPS) is 11.4. The Balaban J connectivity index is 3.10. The zero-order valence-electron chi connectivity index (χ0n) is 10.3. The molecule has 0 aliphatic rings. The summed E-state index contributed by atoms with van der Waals surface area (Å²) in [7, 11) is 1.51. The first kappa shape index (κ1) is 14.3. The van der Waals surface area contributed by atoms with Gasteiger partial charge in [-0.15, -0.1) is 6.58 Å². The van der Waals surface area contributed by atoms with Crippen LogP contribution < -0.4 is 5.32 Å². The molecule has 18 heavy (non-hydrogen) atoms. The Bertz CT molecular complexity index is 457. The molecule has 0 bridgehead atoms. The molecule has 1 amide bonds. The van der Waals surface area contributed by atoms with Crippen LogP contribution in [0.4, 0.5) is 4.79 Å². The summed E-state index contributed by atoms with van der Waals surface area (Å²) in [5.74, 6) is 0. The monoisotopic (exact) mass is 265 g/mol. The third-order valence-corrected chi connectivity index (χ3v) is 2.68. The maximum atomic E-state index is 11.3. The average Bonchev–Trinajstić information content (AvgIpc) is 2.38. The first-order valence-electron chi connectivity index (χ1n) is 5.53. The molecule has 1 unspecified atom stereocenters. The number of halogens is 1. The van der Waals surface area contributed by atoms with E-state index in [2.05, 4.69) is 18.5 Å². The Labute approximate surface area is 112 Å². The number of ether oxygens (including phenoxy) is 1. The summed E-state index contributed by atoms with van der Waals surface area (Å²) in [6.45, 7) is 7.40. The molecule has 3 nitrogen and oxygen atoms in total. The number of benzene rings is 1. The minimum absolute atomic E-state index is 0.422. The molecular weight excluding hydrogens is 250 g/mol. The summed E-state index contributed by atoms with van der Waals surface area (Å²) in [6.07, 6.45) is 3.00. The minimum atomic E-state index is -0.489. The molecule has 0 aromatic heterocycles. The van der Waals surface area contributed by atoms with Crippen molar-refractivity contribution in [1.82, 2.24) is 5.32 Å². The Kier molecular flexibility index (Phi) is 5.46. The Morgan fingerprint density at radius 3 is 2.83 bits per heavy atom. The molecule has 1 aromatic carbocycles. The fraction of sp³-hybridized carbons (Fsp3) is 0.214. The highest BCUT2D eigenvalue weighted by Gasteiger charge is 2.17. The van der Waals surface area contributed by atoms with Crippen LogP contribution in [0, 0.1) is 0 Å². The summed E-state index contributed by atoms with van der Waals surface area (Å²) in [4.78, 5) is 11.3. The van der Waals surface area contributed by atoms with Crippen molar-refractivity contribution in [2.45, 2.75) is 12.5 Å². The Morgan fingerprint density at radius 1 is 1.56 bits per heavy atom. The number of alkyl carbamates (subject to hydrolysis) is 1. The molecule has 4 heteroatoms. The van der Waals surface area contributed by atoms with Gasteiger partial charge in [0.2, 0.25) is 0 Å². The summed E-state index contributed by atoms with van der Waals surface area (Å²) in [6, 6.07) is 5.39. The van der Waals surface area contributed by atoms with Gasteiger partial charge in [-0.1, -0.05) is 36.4 Å². The summed E-state index contributed by atoms with van der Waals surface area (Å²) < 4.78 is 5.30. The van der Waals surface area contributed by atoms with Crippen molar-refractivity contribution < 1.29 is 9.53 Å². The summed E-state index contributed by atoms with van der Waals surface area (Å²) >= 11 is 5.97. The van der Waals surface area contributed by atoms with Gasteiger partial charge in [-0.2, -0.15) is 0 Å². The highest BCUT2D eigenvalue weighted by molar-refractivity contribution is 6.30. The van der Waals surface area contributed by atoms with Crippen molar-refractivity contribution in [3.63, 3.8) is 0 Å². The first-order valence-corrected chi connectivity index (χ1v) is 5.91. The number of hydrogen-bond acceptors (Lipinski definition) is 2. The topological polar surface area (TPSA) is 38.3 Å². The van der Waals surface area contributed by atoms with E-state index in [1.54, 1.807) is 24.3 Å². The molecule has 0 saturated heterocycles. The lowest BCUT2D eigenvalue weighted by Gasteiger charge is -2.19. The van der Waals surface area contributed by atoms with Gasteiger partial charge >= 0.3 is 6.09 Å². The predicted molar refractivity (Wildman–Crippen MR) is 74.6 cm³/mol. The third-order valence-electron chi connectivity index (χ3n) is 2.45. The van der Waals surface area contributed by atoms with Crippen LogP contribution in [-0.4, -0.2) is 13.1 Å². The van der Waals surface area contributed by atoms with Crippen molar-refractivity contribution in [1.29, 1.82) is 0 Å². The molecule has 1 rings (SSSR count). The van der Waals surface area contributed by atoms with Gasteiger partial charge in [0.1, 0.15) is 6.10 Å². The zero-order valence-corrected chi connectivity index (χ0v) is 11.0.